The van der Waals surface area contributed by atoms with E-state index in [4.69, 9.17) is 10.0 Å². The van der Waals surface area contributed by atoms with Crippen molar-refractivity contribution in [3.8, 4) is 5.75 Å². The summed E-state index contributed by atoms with van der Waals surface area (Å²) in [4.78, 5) is 10.1. The molecule has 0 radical (unpaired) electrons. The van der Waals surface area contributed by atoms with Crippen LogP contribution in [0, 0.1) is 0 Å². The van der Waals surface area contributed by atoms with E-state index in [-0.39, 0.29) is 11.5 Å². The van der Waals surface area contributed by atoms with Gasteiger partial charge in [-0.25, -0.2) is 0 Å². The van der Waals surface area contributed by atoms with Crippen LogP contribution in [0.15, 0.2) is 16.7 Å². The standard InChI is InChI=1S/C5H5BO5/c7-3-5-4(1-2-10-5)11-6(8)9/h1-3,8-9H. The fourth-order valence-corrected chi connectivity index (χ4v) is 0.606. The van der Waals surface area contributed by atoms with Crippen LogP contribution in [0.5, 0.6) is 5.75 Å². The third kappa shape index (κ3) is 1.82. The van der Waals surface area contributed by atoms with E-state index in [9.17, 15) is 4.79 Å². The van der Waals surface area contributed by atoms with E-state index in [0.29, 0.717) is 6.29 Å². The van der Waals surface area contributed by atoms with Crippen LogP contribution >= 0.6 is 0 Å². The maximum atomic E-state index is 10.1. The van der Waals surface area contributed by atoms with Crippen molar-refractivity contribution >= 4 is 13.6 Å². The van der Waals surface area contributed by atoms with E-state index in [1.807, 2.05) is 0 Å². The number of rotatable bonds is 3. The highest BCUT2D eigenvalue weighted by molar-refractivity contribution is 6.33. The van der Waals surface area contributed by atoms with Gasteiger partial charge in [0.25, 0.3) is 0 Å². The van der Waals surface area contributed by atoms with Crippen molar-refractivity contribution < 1.29 is 23.9 Å². The number of carbonyl (C=O) groups excluding carboxylic acids is 1. The molecule has 58 valence electrons. The summed E-state index contributed by atoms with van der Waals surface area (Å²) in [6, 6.07) is 1.31. The topological polar surface area (TPSA) is 79.9 Å². The monoisotopic (exact) mass is 156 g/mol. The van der Waals surface area contributed by atoms with Gasteiger partial charge in [0.1, 0.15) is 0 Å². The smallest absolute Gasteiger partial charge is 0.509 e. The molecule has 0 amide bonds. The van der Waals surface area contributed by atoms with E-state index in [0.717, 1.165) is 0 Å². The molecule has 1 aromatic heterocycles. The van der Waals surface area contributed by atoms with Gasteiger partial charge in [-0.05, 0) is 0 Å². The Morgan fingerprint density at radius 3 is 2.91 bits per heavy atom. The van der Waals surface area contributed by atoms with Gasteiger partial charge in [-0.3, -0.25) is 4.79 Å². The van der Waals surface area contributed by atoms with Crippen LogP contribution in [0.1, 0.15) is 10.6 Å². The Bertz CT molecular complexity index is 243. The first-order chi connectivity index (χ1) is 5.24. The minimum atomic E-state index is -1.94. The molecule has 5 nitrogen and oxygen atoms in total. The Morgan fingerprint density at radius 1 is 1.64 bits per heavy atom. The highest BCUT2D eigenvalue weighted by atomic mass is 16.6. The number of hydrogen-bond acceptors (Lipinski definition) is 5. The highest BCUT2D eigenvalue weighted by Crippen LogP contribution is 2.17. The van der Waals surface area contributed by atoms with Gasteiger partial charge in [0.15, 0.2) is 12.0 Å². The van der Waals surface area contributed by atoms with Gasteiger partial charge in [0.05, 0.1) is 6.26 Å². The molecule has 0 aliphatic rings. The molecule has 0 atom stereocenters. The number of hydrogen-bond donors (Lipinski definition) is 2. The zero-order valence-corrected chi connectivity index (χ0v) is 5.43. The zero-order chi connectivity index (χ0) is 8.27. The largest absolute Gasteiger partial charge is 0.707 e. The second-order valence-electron chi connectivity index (χ2n) is 1.71. The SMILES string of the molecule is O=Cc1occc1OB(O)O. The highest BCUT2D eigenvalue weighted by Gasteiger charge is 2.15. The normalized spacial score (nSPS) is 9.27. The average Bonchev–Trinajstić information content (AvgIpc) is 2.34. The average molecular weight is 156 g/mol. The summed E-state index contributed by atoms with van der Waals surface area (Å²) >= 11 is 0. The molecule has 0 aliphatic carbocycles. The second-order valence-corrected chi connectivity index (χ2v) is 1.71. The fourth-order valence-electron chi connectivity index (χ4n) is 0.606. The first-order valence-corrected chi connectivity index (χ1v) is 2.79. The van der Waals surface area contributed by atoms with Gasteiger partial charge in [-0.15, -0.1) is 0 Å². The molecule has 0 unspecified atom stereocenters. The molecule has 1 rings (SSSR count). The minimum absolute atomic E-state index is 0.00926. The molecule has 1 heterocycles. The fraction of sp³-hybridized carbons (Fsp3) is 0. The molecule has 0 aromatic carbocycles. The number of aldehydes is 1. The molecule has 0 bridgehead atoms. The van der Waals surface area contributed by atoms with Crippen molar-refractivity contribution in [1.82, 2.24) is 0 Å². The molecule has 0 saturated heterocycles. The zero-order valence-electron chi connectivity index (χ0n) is 5.43. The predicted octanol–water partition coefficient (Wildman–Crippen LogP) is -0.560. The van der Waals surface area contributed by atoms with Crippen molar-refractivity contribution in [3.05, 3.63) is 18.1 Å². The summed E-state index contributed by atoms with van der Waals surface area (Å²) in [5.74, 6) is -0.0619. The molecular formula is C5H5BO5. The molecule has 6 heteroatoms. The lowest BCUT2D eigenvalue weighted by atomic mass is 10.2. The number of carbonyl (C=O) groups is 1. The molecule has 11 heavy (non-hydrogen) atoms. The third-order valence-corrected chi connectivity index (χ3v) is 0.997. The van der Waals surface area contributed by atoms with Gasteiger partial charge >= 0.3 is 7.32 Å². The van der Waals surface area contributed by atoms with Crippen LogP contribution in [-0.2, 0) is 0 Å². The molecule has 2 N–H and O–H groups in total. The summed E-state index contributed by atoms with van der Waals surface area (Å²) in [6.45, 7) is 0. The molecule has 0 spiro atoms. The Balaban J connectivity index is 2.76. The summed E-state index contributed by atoms with van der Waals surface area (Å²) < 4.78 is 8.96. The van der Waals surface area contributed by atoms with Crippen LogP contribution < -0.4 is 4.65 Å². The van der Waals surface area contributed by atoms with Crippen molar-refractivity contribution in [1.29, 1.82) is 0 Å². The maximum Gasteiger partial charge on any atom is 0.707 e. The minimum Gasteiger partial charge on any atom is -0.509 e. The molecule has 1 aromatic rings. The summed E-state index contributed by atoms with van der Waals surface area (Å²) in [5, 5.41) is 16.6. The Kier molecular flexibility index (Phi) is 2.30. The van der Waals surface area contributed by atoms with Crippen LogP contribution in [0.4, 0.5) is 0 Å². The van der Waals surface area contributed by atoms with E-state index in [1.165, 1.54) is 12.3 Å². The van der Waals surface area contributed by atoms with E-state index in [2.05, 4.69) is 9.07 Å². The summed E-state index contributed by atoms with van der Waals surface area (Å²) in [7, 11) is -1.94. The van der Waals surface area contributed by atoms with Gasteiger partial charge in [0.2, 0.25) is 5.76 Å². The van der Waals surface area contributed by atoms with Gasteiger partial charge < -0.3 is 19.1 Å². The lowest BCUT2D eigenvalue weighted by molar-refractivity contribution is 0.109. The van der Waals surface area contributed by atoms with Crippen LogP contribution in [0.3, 0.4) is 0 Å². The molecular weight excluding hydrogens is 151 g/mol. The first-order valence-electron chi connectivity index (χ1n) is 2.79. The van der Waals surface area contributed by atoms with Gasteiger partial charge in [-0.1, -0.05) is 0 Å². The first kappa shape index (κ1) is 7.84. The lowest BCUT2D eigenvalue weighted by Gasteiger charge is -1.99. The molecule has 0 saturated carbocycles. The van der Waals surface area contributed by atoms with Gasteiger partial charge in [-0.2, -0.15) is 0 Å². The third-order valence-electron chi connectivity index (χ3n) is 0.997. The van der Waals surface area contributed by atoms with Crippen LogP contribution in [-0.4, -0.2) is 23.7 Å². The van der Waals surface area contributed by atoms with Crippen molar-refractivity contribution in [3.63, 3.8) is 0 Å². The van der Waals surface area contributed by atoms with Crippen LogP contribution in [0.25, 0.3) is 0 Å². The van der Waals surface area contributed by atoms with Crippen molar-refractivity contribution in [2.75, 3.05) is 0 Å². The summed E-state index contributed by atoms with van der Waals surface area (Å²) in [5.41, 5.74) is 0. The van der Waals surface area contributed by atoms with E-state index < -0.39 is 7.32 Å². The molecule has 0 aliphatic heterocycles. The van der Waals surface area contributed by atoms with Crippen molar-refractivity contribution in [2.45, 2.75) is 0 Å². The molecule has 0 fully saturated rings. The van der Waals surface area contributed by atoms with Crippen molar-refractivity contribution in [2.24, 2.45) is 0 Å². The number of furan rings is 1. The van der Waals surface area contributed by atoms with Crippen LogP contribution in [0.2, 0.25) is 0 Å². The Morgan fingerprint density at radius 2 is 2.36 bits per heavy atom. The Labute approximate surface area is 62.4 Å². The summed E-state index contributed by atoms with van der Waals surface area (Å²) in [6.07, 6.45) is 1.62. The second kappa shape index (κ2) is 3.22. The maximum absolute atomic E-state index is 10.1. The Hall–Kier alpha value is -1.27. The quantitative estimate of drug-likeness (QED) is 0.452. The lowest BCUT2D eigenvalue weighted by Crippen LogP contribution is -2.20. The van der Waals surface area contributed by atoms with E-state index in [1.54, 1.807) is 0 Å². The predicted molar refractivity (Wildman–Crippen MR) is 34.9 cm³/mol. The van der Waals surface area contributed by atoms with Gasteiger partial charge in [0, 0.05) is 6.07 Å². The van der Waals surface area contributed by atoms with E-state index >= 15 is 0 Å².